The quantitative estimate of drug-likeness (QED) is 0.426. The van der Waals surface area contributed by atoms with Gasteiger partial charge in [-0.25, -0.2) is 0 Å². The number of carbonyl (C=O) groups excluding carboxylic acids is 1. The van der Waals surface area contributed by atoms with Crippen LogP contribution in [0, 0.1) is 5.92 Å². The minimum Gasteiger partial charge on any atom is -0.469 e. The standard InChI is InChI=1S/C9H14O2/c1-3-7-5-4-6-8(7)9(10)11-2/h3,8H,4-6H2,1-2H3/b7-3+. The summed E-state index contributed by atoms with van der Waals surface area (Å²) >= 11 is 0. The molecule has 2 nitrogen and oxygen atoms in total. The first kappa shape index (κ1) is 8.31. The van der Waals surface area contributed by atoms with Gasteiger partial charge in [0, 0.05) is 0 Å². The fourth-order valence-corrected chi connectivity index (χ4v) is 1.63. The van der Waals surface area contributed by atoms with Crippen LogP contribution in [-0.4, -0.2) is 13.1 Å². The van der Waals surface area contributed by atoms with Crippen molar-refractivity contribution >= 4 is 5.97 Å². The van der Waals surface area contributed by atoms with Crippen molar-refractivity contribution in [2.24, 2.45) is 5.92 Å². The van der Waals surface area contributed by atoms with E-state index in [9.17, 15) is 4.79 Å². The van der Waals surface area contributed by atoms with Gasteiger partial charge in [-0.3, -0.25) is 4.79 Å². The SMILES string of the molecule is C/C=C1\CCCC1C(=O)OC. The van der Waals surface area contributed by atoms with Crippen molar-refractivity contribution < 1.29 is 9.53 Å². The highest BCUT2D eigenvalue weighted by molar-refractivity contribution is 5.76. The number of ether oxygens (including phenoxy) is 1. The summed E-state index contributed by atoms with van der Waals surface area (Å²) in [6.45, 7) is 1.98. The second-order valence-electron chi connectivity index (χ2n) is 2.83. The van der Waals surface area contributed by atoms with E-state index in [-0.39, 0.29) is 11.9 Å². The van der Waals surface area contributed by atoms with Crippen LogP contribution in [0.2, 0.25) is 0 Å². The van der Waals surface area contributed by atoms with E-state index < -0.39 is 0 Å². The Morgan fingerprint density at radius 1 is 1.73 bits per heavy atom. The lowest BCUT2D eigenvalue weighted by molar-refractivity contribution is -0.143. The molecule has 1 saturated carbocycles. The molecule has 1 atom stereocenters. The van der Waals surface area contributed by atoms with Crippen molar-refractivity contribution in [1.29, 1.82) is 0 Å². The van der Waals surface area contributed by atoms with Gasteiger partial charge >= 0.3 is 5.97 Å². The van der Waals surface area contributed by atoms with Gasteiger partial charge in [-0.1, -0.05) is 11.6 Å². The molecule has 0 amide bonds. The lowest BCUT2D eigenvalue weighted by atomic mass is 10.0. The maximum absolute atomic E-state index is 11.1. The van der Waals surface area contributed by atoms with Gasteiger partial charge in [-0.15, -0.1) is 0 Å². The van der Waals surface area contributed by atoms with Crippen molar-refractivity contribution in [3.63, 3.8) is 0 Å². The molecule has 0 spiro atoms. The average molecular weight is 154 g/mol. The summed E-state index contributed by atoms with van der Waals surface area (Å²) in [4.78, 5) is 11.1. The third kappa shape index (κ3) is 1.62. The Balaban J connectivity index is 2.64. The topological polar surface area (TPSA) is 26.3 Å². The van der Waals surface area contributed by atoms with Crippen LogP contribution in [0.4, 0.5) is 0 Å². The molecule has 1 aliphatic rings. The molecule has 1 fully saturated rings. The zero-order valence-corrected chi connectivity index (χ0v) is 7.09. The van der Waals surface area contributed by atoms with Gasteiger partial charge in [0.05, 0.1) is 13.0 Å². The highest BCUT2D eigenvalue weighted by Gasteiger charge is 2.27. The summed E-state index contributed by atoms with van der Waals surface area (Å²) in [5.41, 5.74) is 1.25. The summed E-state index contributed by atoms with van der Waals surface area (Å²) in [5, 5.41) is 0. The molecule has 1 aliphatic carbocycles. The van der Waals surface area contributed by atoms with Crippen LogP contribution in [0.1, 0.15) is 26.2 Å². The molecule has 0 radical (unpaired) electrons. The van der Waals surface area contributed by atoms with Crippen molar-refractivity contribution in [3.8, 4) is 0 Å². The second-order valence-corrected chi connectivity index (χ2v) is 2.83. The predicted octanol–water partition coefficient (Wildman–Crippen LogP) is 1.91. The first-order valence-corrected chi connectivity index (χ1v) is 4.02. The third-order valence-electron chi connectivity index (χ3n) is 2.26. The second kappa shape index (κ2) is 3.56. The van der Waals surface area contributed by atoms with Gasteiger partial charge in [0.25, 0.3) is 0 Å². The molecule has 1 rings (SSSR count). The summed E-state index contributed by atoms with van der Waals surface area (Å²) in [6.07, 6.45) is 5.19. The normalized spacial score (nSPS) is 27.5. The highest BCUT2D eigenvalue weighted by Crippen LogP contribution is 2.31. The molecule has 1 unspecified atom stereocenters. The largest absolute Gasteiger partial charge is 0.469 e. The summed E-state index contributed by atoms with van der Waals surface area (Å²) in [7, 11) is 1.45. The molecule has 0 aromatic rings. The molecule has 0 heterocycles. The van der Waals surface area contributed by atoms with Crippen LogP contribution in [0.15, 0.2) is 11.6 Å². The van der Waals surface area contributed by atoms with Crippen LogP contribution >= 0.6 is 0 Å². The first-order chi connectivity index (χ1) is 5.29. The van der Waals surface area contributed by atoms with E-state index in [0.717, 1.165) is 19.3 Å². The molecule has 0 aliphatic heterocycles. The molecular weight excluding hydrogens is 140 g/mol. The number of hydrogen-bond acceptors (Lipinski definition) is 2. The van der Waals surface area contributed by atoms with Crippen LogP contribution in [0.3, 0.4) is 0 Å². The van der Waals surface area contributed by atoms with Crippen molar-refractivity contribution in [2.75, 3.05) is 7.11 Å². The molecule has 62 valence electrons. The minimum atomic E-state index is -0.0735. The van der Waals surface area contributed by atoms with Crippen molar-refractivity contribution in [2.45, 2.75) is 26.2 Å². The zero-order chi connectivity index (χ0) is 8.27. The Bertz CT molecular complexity index is 182. The number of rotatable bonds is 1. The molecule has 0 saturated heterocycles. The van der Waals surface area contributed by atoms with Crippen LogP contribution in [-0.2, 0) is 9.53 Å². The summed E-state index contributed by atoms with van der Waals surface area (Å²) in [5.74, 6) is -0.0133. The smallest absolute Gasteiger partial charge is 0.312 e. The number of carbonyl (C=O) groups is 1. The Labute approximate surface area is 67.2 Å². The van der Waals surface area contributed by atoms with E-state index in [2.05, 4.69) is 4.74 Å². The molecule has 2 heteroatoms. The minimum absolute atomic E-state index is 0.0602. The number of hydrogen-bond donors (Lipinski definition) is 0. The lowest BCUT2D eigenvalue weighted by Gasteiger charge is -2.07. The zero-order valence-electron chi connectivity index (χ0n) is 7.09. The van der Waals surface area contributed by atoms with Crippen molar-refractivity contribution in [3.05, 3.63) is 11.6 Å². The third-order valence-corrected chi connectivity index (χ3v) is 2.26. The Morgan fingerprint density at radius 3 is 3.00 bits per heavy atom. The molecule has 11 heavy (non-hydrogen) atoms. The van der Waals surface area contributed by atoms with Gasteiger partial charge in [-0.05, 0) is 26.2 Å². The van der Waals surface area contributed by atoms with Gasteiger partial charge in [0.15, 0.2) is 0 Å². The monoisotopic (exact) mass is 154 g/mol. The van der Waals surface area contributed by atoms with E-state index in [0.29, 0.717) is 0 Å². The number of esters is 1. The van der Waals surface area contributed by atoms with E-state index >= 15 is 0 Å². The average Bonchev–Trinajstić information content (AvgIpc) is 2.50. The molecular formula is C9H14O2. The Morgan fingerprint density at radius 2 is 2.45 bits per heavy atom. The van der Waals surface area contributed by atoms with Gasteiger partial charge in [-0.2, -0.15) is 0 Å². The van der Waals surface area contributed by atoms with Gasteiger partial charge < -0.3 is 4.74 Å². The molecule has 0 bridgehead atoms. The van der Waals surface area contributed by atoms with Crippen LogP contribution in [0.25, 0.3) is 0 Å². The van der Waals surface area contributed by atoms with Gasteiger partial charge in [0.1, 0.15) is 0 Å². The lowest BCUT2D eigenvalue weighted by Crippen LogP contribution is -2.13. The van der Waals surface area contributed by atoms with E-state index in [1.165, 1.54) is 12.7 Å². The number of allylic oxidation sites excluding steroid dienone is 1. The Hall–Kier alpha value is -0.790. The maximum Gasteiger partial charge on any atom is 0.312 e. The first-order valence-electron chi connectivity index (χ1n) is 4.02. The fraction of sp³-hybridized carbons (Fsp3) is 0.667. The van der Waals surface area contributed by atoms with E-state index in [1.54, 1.807) is 0 Å². The molecule has 0 N–H and O–H groups in total. The van der Waals surface area contributed by atoms with E-state index in [1.807, 2.05) is 13.0 Å². The molecule has 0 aromatic heterocycles. The van der Waals surface area contributed by atoms with Crippen molar-refractivity contribution in [1.82, 2.24) is 0 Å². The highest BCUT2D eigenvalue weighted by atomic mass is 16.5. The number of methoxy groups -OCH3 is 1. The summed E-state index contributed by atoms with van der Waals surface area (Å²) in [6, 6.07) is 0. The maximum atomic E-state index is 11.1. The fourth-order valence-electron chi connectivity index (χ4n) is 1.63. The van der Waals surface area contributed by atoms with Crippen LogP contribution < -0.4 is 0 Å². The van der Waals surface area contributed by atoms with E-state index in [4.69, 9.17) is 0 Å². The molecule has 0 aromatic carbocycles. The predicted molar refractivity (Wildman–Crippen MR) is 43.1 cm³/mol. The summed E-state index contributed by atoms with van der Waals surface area (Å²) < 4.78 is 4.69. The van der Waals surface area contributed by atoms with Gasteiger partial charge in [0.2, 0.25) is 0 Å². The Kier molecular flexibility index (Phi) is 2.69. The van der Waals surface area contributed by atoms with Crippen LogP contribution in [0.5, 0.6) is 0 Å².